The number of hydrogen-bond donors (Lipinski definition) is 4. The summed E-state index contributed by atoms with van der Waals surface area (Å²) < 4.78 is 38.5. The maximum atomic E-state index is 12.8. The van der Waals surface area contributed by atoms with Gasteiger partial charge in [0.05, 0.1) is 16.8 Å². The molecule has 0 saturated heterocycles. The zero-order chi connectivity index (χ0) is 16.0. The van der Waals surface area contributed by atoms with Crippen LogP contribution in [0.2, 0.25) is 0 Å². The minimum Gasteiger partial charge on any atom is -0.387 e. The Bertz CT molecular complexity index is 532. The SMILES string of the molecule is CNc1c(C(=O)NCCNC(N)=O)cccc1C(F)(F)F. The molecule has 0 aliphatic carbocycles. The van der Waals surface area contributed by atoms with Gasteiger partial charge in [0.25, 0.3) is 5.91 Å². The zero-order valence-electron chi connectivity index (χ0n) is 11.2. The number of para-hydroxylation sites is 1. The van der Waals surface area contributed by atoms with Gasteiger partial charge in [-0.3, -0.25) is 4.79 Å². The Morgan fingerprint density at radius 2 is 1.81 bits per heavy atom. The fourth-order valence-corrected chi connectivity index (χ4v) is 1.70. The molecule has 3 amide bonds. The number of rotatable bonds is 5. The highest BCUT2D eigenvalue weighted by Crippen LogP contribution is 2.36. The van der Waals surface area contributed by atoms with Crippen molar-refractivity contribution in [1.82, 2.24) is 10.6 Å². The Kier molecular flexibility index (Phi) is 5.39. The molecule has 0 bridgehead atoms. The molecule has 1 aromatic carbocycles. The Hall–Kier alpha value is -2.45. The van der Waals surface area contributed by atoms with Crippen LogP contribution in [0.5, 0.6) is 0 Å². The first kappa shape index (κ1) is 16.6. The van der Waals surface area contributed by atoms with Gasteiger partial charge in [-0.2, -0.15) is 13.2 Å². The summed E-state index contributed by atoms with van der Waals surface area (Å²) in [5, 5.41) is 7.03. The Labute approximate surface area is 118 Å². The van der Waals surface area contributed by atoms with Crippen LogP contribution in [0.3, 0.4) is 0 Å². The number of halogens is 3. The van der Waals surface area contributed by atoms with E-state index in [-0.39, 0.29) is 24.3 Å². The van der Waals surface area contributed by atoms with E-state index in [1.807, 2.05) is 0 Å². The monoisotopic (exact) mass is 304 g/mol. The summed E-state index contributed by atoms with van der Waals surface area (Å²) in [5.74, 6) is -0.684. The zero-order valence-corrected chi connectivity index (χ0v) is 11.2. The first-order valence-electron chi connectivity index (χ1n) is 5.96. The normalized spacial score (nSPS) is 10.9. The van der Waals surface area contributed by atoms with Crippen molar-refractivity contribution in [3.63, 3.8) is 0 Å². The predicted molar refractivity (Wildman–Crippen MR) is 70.9 cm³/mol. The van der Waals surface area contributed by atoms with E-state index in [9.17, 15) is 22.8 Å². The van der Waals surface area contributed by atoms with Crippen LogP contribution >= 0.6 is 0 Å². The van der Waals surface area contributed by atoms with Crippen molar-refractivity contribution in [3.8, 4) is 0 Å². The van der Waals surface area contributed by atoms with E-state index >= 15 is 0 Å². The lowest BCUT2D eigenvalue weighted by Gasteiger charge is -2.16. The third-order valence-electron chi connectivity index (χ3n) is 2.57. The smallest absolute Gasteiger partial charge is 0.387 e. The lowest BCUT2D eigenvalue weighted by molar-refractivity contribution is -0.136. The number of benzene rings is 1. The maximum Gasteiger partial charge on any atom is 0.418 e. The number of hydrogen-bond acceptors (Lipinski definition) is 3. The topological polar surface area (TPSA) is 96.2 Å². The molecular weight excluding hydrogens is 289 g/mol. The van der Waals surface area contributed by atoms with E-state index < -0.39 is 23.7 Å². The summed E-state index contributed by atoms with van der Waals surface area (Å²) in [4.78, 5) is 22.3. The summed E-state index contributed by atoms with van der Waals surface area (Å²) in [7, 11) is 1.30. The molecule has 0 aliphatic heterocycles. The van der Waals surface area contributed by atoms with Gasteiger partial charge in [-0.1, -0.05) is 6.07 Å². The fourth-order valence-electron chi connectivity index (χ4n) is 1.70. The molecule has 0 spiro atoms. The number of amides is 3. The summed E-state index contributed by atoms with van der Waals surface area (Å²) in [5.41, 5.74) is 3.48. The molecule has 0 aliphatic rings. The summed E-state index contributed by atoms with van der Waals surface area (Å²) in [6.07, 6.45) is -4.57. The number of alkyl halides is 3. The van der Waals surface area contributed by atoms with Crippen molar-refractivity contribution in [2.75, 3.05) is 25.5 Å². The van der Waals surface area contributed by atoms with Crippen molar-refractivity contribution >= 4 is 17.6 Å². The summed E-state index contributed by atoms with van der Waals surface area (Å²) in [6.45, 7) is 0.121. The lowest BCUT2D eigenvalue weighted by Crippen LogP contribution is -2.37. The number of primary amides is 1. The van der Waals surface area contributed by atoms with Crippen molar-refractivity contribution in [3.05, 3.63) is 29.3 Å². The Morgan fingerprint density at radius 3 is 2.33 bits per heavy atom. The van der Waals surface area contributed by atoms with E-state index in [0.29, 0.717) is 0 Å². The molecule has 0 heterocycles. The van der Waals surface area contributed by atoms with Crippen LogP contribution in [-0.4, -0.2) is 32.1 Å². The molecule has 0 radical (unpaired) electrons. The third-order valence-corrected chi connectivity index (χ3v) is 2.57. The maximum absolute atomic E-state index is 12.8. The molecule has 116 valence electrons. The second kappa shape index (κ2) is 6.82. The van der Waals surface area contributed by atoms with Crippen molar-refractivity contribution in [1.29, 1.82) is 0 Å². The number of carbonyl (C=O) groups excluding carboxylic acids is 2. The van der Waals surface area contributed by atoms with Crippen LogP contribution in [0.15, 0.2) is 18.2 Å². The number of nitrogens with one attached hydrogen (secondary N) is 3. The van der Waals surface area contributed by atoms with Crippen LogP contribution in [0, 0.1) is 0 Å². The lowest BCUT2D eigenvalue weighted by atomic mass is 10.1. The Balaban J connectivity index is 2.87. The van der Waals surface area contributed by atoms with E-state index in [0.717, 1.165) is 12.1 Å². The van der Waals surface area contributed by atoms with Gasteiger partial charge in [-0.25, -0.2) is 4.79 Å². The van der Waals surface area contributed by atoms with Gasteiger partial charge in [-0.05, 0) is 12.1 Å². The molecule has 0 fully saturated rings. The minimum absolute atomic E-state index is 0.0428. The molecule has 5 N–H and O–H groups in total. The highest BCUT2D eigenvalue weighted by Gasteiger charge is 2.34. The molecule has 21 heavy (non-hydrogen) atoms. The largest absolute Gasteiger partial charge is 0.418 e. The molecular formula is C12H15F3N4O2. The van der Waals surface area contributed by atoms with Gasteiger partial charge in [0.1, 0.15) is 0 Å². The van der Waals surface area contributed by atoms with Crippen molar-refractivity contribution < 1.29 is 22.8 Å². The quantitative estimate of drug-likeness (QED) is 0.614. The first-order chi connectivity index (χ1) is 9.77. The number of nitrogens with two attached hydrogens (primary N) is 1. The predicted octanol–water partition coefficient (Wildman–Crippen LogP) is 1.15. The van der Waals surface area contributed by atoms with E-state index in [2.05, 4.69) is 16.0 Å². The van der Waals surface area contributed by atoms with Gasteiger partial charge in [0, 0.05) is 20.1 Å². The highest BCUT2D eigenvalue weighted by molar-refractivity contribution is 6.00. The molecule has 6 nitrogen and oxygen atoms in total. The molecule has 0 unspecified atom stereocenters. The molecule has 1 rings (SSSR count). The molecule has 0 aromatic heterocycles. The van der Waals surface area contributed by atoms with E-state index in [1.54, 1.807) is 0 Å². The molecule has 1 aromatic rings. The van der Waals surface area contributed by atoms with Gasteiger partial charge in [0.2, 0.25) is 0 Å². The average molecular weight is 304 g/mol. The van der Waals surface area contributed by atoms with Crippen LogP contribution in [-0.2, 0) is 6.18 Å². The van der Waals surface area contributed by atoms with Gasteiger partial charge in [-0.15, -0.1) is 0 Å². The van der Waals surface area contributed by atoms with Crippen LogP contribution < -0.4 is 21.7 Å². The Morgan fingerprint density at radius 1 is 1.19 bits per heavy atom. The summed E-state index contributed by atoms with van der Waals surface area (Å²) in [6, 6.07) is 2.56. The van der Waals surface area contributed by atoms with Gasteiger partial charge >= 0.3 is 12.2 Å². The number of carbonyl (C=O) groups is 2. The van der Waals surface area contributed by atoms with Crippen molar-refractivity contribution in [2.45, 2.75) is 6.18 Å². The number of anilines is 1. The molecule has 0 saturated carbocycles. The number of urea groups is 1. The second-order valence-electron chi connectivity index (χ2n) is 4.02. The average Bonchev–Trinajstić information content (AvgIpc) is 2.41. The molecule has 0 atom stereocenters. The highest BCUT2D eigenvalue weighted by atomic mass is 19.4. The van der Waals surface area contributed by atoms with Gasteiger partial charge in [0.15, 0.2) is 0 Å². The van der Waals surface area contributed by atoms with Gasteiger partial charge < -0.3 is 21.7 Å². The first-order valence-corrected chi connectivity index (χ1v) is 5.96. The standard InChI is InChI=1S/C12H15F3N4O2/c1-17-9-7(3-2-4-8(9)12(13,14)15)10(20)18-5-6-19-11(16)21/h2-4,17H,5-6H2,1H3,(H,18,20)(H3,16,19,21). The van der Waals surface area contributed by atoms with E-state index in [4.69, 9.17) is 5.73 Å². The van der Waals surface area contributed by atoms with E-state index in [1.165, 1.54) is 13.1 Å². The van der Waals surface area contributed by atoms with Crippen LogP contribution in [0.1, 0.15) is 15.9 Å². The third kappa shape index (κ3) is 4.55. The minimum atomic E-state index is -4.57. The second-order valence-corrected chi connectivity index (χ2v) is 4.02. The van der Waals surface area contributed by atoms with Crippen LogP contribution in [0.25, 0.3) is 0 Å². The van der Waals surface area contributed by atoms with Crippen molar-refractivity contribution in [2.24, 2.45) is 5.73 Å². The molecule has 9 heteroatoms. The van der Waals surface area contributed by atoms with Crippen LogP contribution in [0.4, 0.5) is 23.7 Å². The summed E-state index contributed by atoms with van der Waals surface area (Å²) >= 11 is 0. The fraction of sp³-hybridized carbons (Fsp3) is 0.333.